The van der Waals surface area contributed by atoms with Crippen molar-refractivity contribution in [1.29, 1.82) is 0 Å². The highest BCUT2D eigenvalue weighted by atomic mass is 16.6. The van der Waals surface area contributed by atoms with Crippen LogP contribution in [-0.2, 0) is 28.6 Å². The van der Waals surface area contributed by atoms with Gasteiger partial charge in [-0.3, -0.25) is 14.4 Å². The zero-order chi connectivity index (χ0) is 44.4. The first-order chi connectivity index (χ1) is 30.0. The second kappa shape index (κ2) is 50.5. The molecule has 0 aliphatic rings. The van der Waals surface area contributed by atoms with Crippen LogP contribution in [0.15, 0.2) is 24.3 Å². The molecule has 0 rings (SSSR count). The predicted molar refractivity (Wildman–Crippen MR) is 261 cm³/mol. The van der Waals surface area contributed by atoms with Crippen molar-refractivity contribution in [3.05, 3.63) is 24.3 Å². The molecule has 6 heteroatoms. The van der Waals surface area contributed by atoms with Crippen molar-refractivity contribution in [2.45, 2.75) is 297 Å². The first-order valence-electron chi connectivity index (χ1n) is 26.8. The van der Waals surface area contributed by atoms with E-state index in [2.05, 4.69) is 45.1 Å². The van der Waals surface area contributed by atoms with Gasteiger partial charge in [-0.15, -0.1) is 0 Å². The minimum atomic E-state index is -0.771. The number of carbonyl (C=O) groups is 3. The molecule has 0 aromatic heterocycles. The molecule has 0 unspecified atom stereocenters. The summed E-state index contributed by atoms with van der Waals surface area (Å²) in [5, 5.41) is 0. The molecule has 6 nitrogen and oxygen atoms in total. The Hall–Kier alpha value is -2.11. The Labute approximate surface area is 379 Å². The molecule has 0 radical (unpaired) electrons. The molecule has 0 saturated carbocycles. The molecule has 0 amide bonds. The van der Waals surface area contributed by atoms with Crippen LogP contribution in [0.2, 0.25) is 0 Å². The normalized spacial score (nSPS) is 12.1. The number of rotatable bonds is 49. The number of unbranched alkanes of at least 4 members (excludes halogenated alkanes) is 34. The molecule has 0 saturated heterocycles. The Kier molecular flexibility index (Phi) is 48.8. The quantitative estimate of drug-likeness (QED) is 0.0262. The van der Waals surface area contributed by atoms with Crippen molar-refractivity contribution in [3.8, 4) is 0 Å². The molecule has 0 fully saturated rings. The van der Waals surface area contributed by atoms with Gasteiger partial charge < -0.3 is 14.2 Å². The maximum atomic E-state index is 12.8. The Bertz CT molecular complexity index is 989. The van der Waals surface area contributed by atoms with E-state index in [0.717, 1.165) is 64.2 Å². The minimum Gasteiger partial charge on any atom is -0.462 e. The van der Waals surface area contributed by atoms with Gasteiger partial charge in [0, 0.05) is 19.3 Å². The first-order valence-corrected chi connectivity index (χ1v) is 26.8. The fourth-order valence-corrected chi connectivity index (χ4v) is 7.83. The summed E-state index contributed by atoms with van der Waals surface area (Å²) in [4.78, 5) is 37.9. The fourth-order valence-electron chi connectivity index (χ4n) is 7.83. The first kappa shape index (κ1) is 58.9. The highest BCUT2D eigenvalue weighted by Gasteiger charge is 2.19. The summed E-state index contributed by atoms with van der Waals surface area (Å²) in [6.07, 6.45) is 57.3. The topological polar surface area (TPSA) is 78.9 Å². The van der Waals surface area contributed by atoms with Crippen molar-refractivity contribution < 1.29 is 28.6 Å². The molecular formula is C55H102O6. The number of hydrogen-bond acceptors (Lipinski definition) is 6. The molecule has 0 N–H and O–H groups in total. The zero-order valence-electron chi connectivity index (χ0n) is 40.9. The Morgan fingerprint density at radius 3 is 0.869 bits per heavy atom. The van der Waals surface area contributed by atoms with Gasteiger partial charge >= 0.3 is 17.9 Å². The summed E-state index contributed by atoms with van der Waals surface area (Å²) in [6.45, 7) is 6.62. The van der Waals surface area contributed by atoms with E-state index in [1.165, 1.54) is 186 Å². The largest absolute Gasteiger partial charge is 0.462 e. The maximum absolute atomic E-state index is 12.8. The lowest BCUT2D eigenvalue weighted by atomic mass is 10.0. The van der Waals surface area contributed by atoms with Crippen molar-refractivity contribution in [2.24, 2.45) is 0 Å². The number of esters is 3. The molecule has 0 heterocycles. The molecule has 1 atom stereocenters. The van der Waals surface area contributed by atoms with Crippen LogP contribution in [-0.4, -0.2) is 37.2 Å². The second-order valence-corrected chi connectivity index (χ2v) is 18.1. The van der Waals surface area contributed by atoms with E-state index >= 15 is 0 Å². The third-order valence-corrected chi connectivity index (χ3v) is 11.9. The average Bonchev–Trinajstić information content (AvgIpc) is 3.26. The highest BCUT2D eigenvalue weighted by Crippen LogP contribution is 2.16. The van der Waals surface area contributed by atoms with Crippen LogP contribution in [0.3, 0.4) is 0 Å². The van der Waals surface area contributed by atoms with Crippen LogP contribution in [0, 0.1) is 0 Å². The number of carbonyl (C=O) groups excluding carboxylic acids is 3. The lowest BCUT2D eigenvalue weighted by Gasteiger charge is -2.18. The van der Waals surface area contributed by atoms with E-state index in [4.69, 9.17) is 14.2 Å². The number of hydrogen-bond donors (Lipinski definition) is 0. The summed E-state index contributed by atoms with van der Waals surface area (Å²) in [7, 11) is 0. The maximum Gasteiger partial charge on any atom is 0.306 e. The molecule has 0 aromatic carbocycles. The molecular weight excluding hydrogens is 757 g/mol. The lowest BCUT2D eigenvalue weighted by Crippen LogP contribution is -2.30. The van der Waals surface area contributed by atoms with Gasteiger partial charge in [0.2, 0.25) is 0 Å². The minimum absolute atomic E-state index is 0.0725. The average molecular weight is 859 g/mol. The highest BCUT2D eigenvalue weighted by molar-refractivity contribution is 5.71. The van der Waals surface area contributed by atoms with E-state index in [1.807, 2.05) is 0 Å². The monoisotopic (exact) mass is 859 g/mol. The standard InChI is InChI=1S/C55H102O6/c1-4-7-10-13-16-19-22-24-25-26-27-28-29-31-33-36-39-42-45-48-54(57)60-51-52(50-59-53(56)47-44-41-38-35-32-21-18-15-12-9-6-3)61-55(58)49-46-43-40-37-34-30-23-20-17-14-11-8-5-2/h15,18,26-27,52H,4-14,16-17,19-25,28-51H2,1-3H3/b18-15-,27-26-/t52-/m1/s1. The van der Waals surface area contributed by atoms with Crippen molar-refractivity contribution in [2.75, 3.05) is 13.2 Å². The SMILES string of the molecule is CCCC/C=C\CCCCCCCC(=O)OC[C@H](COC(=O)CCCCCCCCC/C=C\CCCCCCCCCC)OC(=O)CCCCCCCCCCCCCCC. The van der Waals surface area contributed by atoms with Gasteiger partial charge in [0.05, 0.1) is 0 Å². The van der Waals surface area contributed by atoms with E-state index < -0.39 is 6.10 Å². The van der Waals surface area contributed by atoms with Gasteiger partial charge in [0.1, 0.15) is 13.2 Å². The van der Waals surface area contributed by atoms with Crippen molar-refractivity contribution in [1.82, 2.24) is 0 Å². The third-order valence-electron chi connectivity index (χ3n) is 11.9. The Morgan fingerprint density at radius 2 is 0.557 bits per heavy atom. The Balaban J connectivity index is 4.29. The van der Waals surface area contributed by atoms with Crippen LogP contribution >= 0.6 is 0 Å². The van der Waals surface area contributed by atoms with E-state index in [0.29, 0.717) is 19.3 Å². The summed E-state index contributed by atoms with van der Waals surface area (Å²) in [5.74, 6) is -0.873. The van der Waals surface area contributed by atoms with Gasteiger partial charge in [0.15, 0.2) is 6.10 Å². The van der Waals surface area contributed by atoms with E-state index in [-0.39, 0.29) is 31.1 Å². The molecule has 61 heavy (non-hydrogen) atoms. The van der Waals surface area contributed by atoms with Crippen LogP contribution < -0.4 is 0 Å². The summed E-state index contributed by atoms with van der Waals surface area (Å²) >= 11 is 0. The van der Waals surface area contributed by atoms with Gasteiger partial charge in [0.25, 0.3) is 0 Å². The molecule has 358 valence electrons. The van der Waals surface area contributed by atoms with Gasteiger partial charge in [-0.1, -0.05) is 231 Å². The zero-order valence-corrected chi connectivity index (χ0v) is 40.9. The molecule has 0 bridgehead atoms. The van der Waals surface area contributed by atoms with Gasteiger partial charge in [-0.05, 0) is 64.2 Å². The Morgan fingerprint density at radius 1 is 0.311 bits per heavy atom. The van der Waals surface area contributed by atoms with Crippen molar-refractivity contribution in [3.63, 3.8) is 0 Å². The van der Waals surface area contributed by atoms with Crippen LogP contribution in [0.4, 0.5) is 0 Å². The van der Waals surface area contributed by atoms with Gasteiger partial charge in [-0.25, -0.2) is 0 Å². The van der Waals surface area contributed by atoms with E-state index in [9.17, 15) is 14.4 Å². The predicted octanol–water partition coefficient (Wildman–Crippen LogP) is 17.5. The summed E-state index contributed by atoms with van der Waals surface area (Å²) < 4.78 is 16.8. The van der Waals surface area contributed by atoms with Crippen LogP contribution in [0.25, 0.3) is 0 Å². The number of allylic oxidation sites excluding steroid dienone is 4. The summed E-state index contributed by atoms with van der Waals surface area (Å²) in [6, 6.07) is 0. The molecule has 0 aliphatic heterocycles. The number of ether oxygens (including phenoxy) is 3. The fraction of sp³-hybridized carbons (Fsp3) is 0.873. The molecule has 0 aliphatic carbocycles. The molecule has 0 aromatic rings. The summed E-state index contributed by atoms with van der Waals surface area (Å²) in [5.41, 5.74) is 0. The lowest BCUT2D eigenvalue weighted by molar-refractivity contribution is -0.167. The third kappa shape index (κ3) is 48.8. The molecule has 0 spiro atoms. The van der Waals surface area contributed by atoms with Crippen LogP contribution in [0.1, 0.15) is 290 Å². The van der Waals surface area contributed by atoms with Crippen LogP contribution in [0.5, 0.6) is 0 Å². The van der Waals surface area contributed by atoms with E-state index in [1.54, 1.807) is 0 Å². The van der Waals surface area contributed by atoms with Crippen molar-refractivity contribution >= 4 is 17.9 Å². The smallest absolute Gasteiger partial charge is 0.306 e. The second-order valence-electron chi connectivity index (χ2n) is 18.1. The van der Waals surface area contributed by atoms with Gasteiger partial charge in [-0.2, -0.15) is 0 Å².